The van der Waals surface area contributed by atoms with Gasteiger partial charge in [-0.05, 0) is 55.3 Å². The van der Waals surface area contributed by atoms with Gasteiger partial charge in [-0.2, -0.15) is 0 Å². The molecule has 0 aliphatic rings. The lowest BCUT2D eigenvalue weighted by atomic mass is 10.1. The van der Waals surface area contributed by atoms with E-state index in [1.54, 1.807) is 30.3 Å². The molecule has 0 saturated heterocycles. The van der Waals surface area contributed by atoms with Crippen molar-refractivity contribution in [1.29, 1.82) is 0 Å². The second kappa shape index (κ2) is 8.30. The number of carbonyl (C=O) groups is 2. The quantitative estimate of drug-likeness (QED) is 0.625. The van der Waals surface area contributed by atoms with Gasteiger partial charge in [0.15, 0.2) is 0 Å². The third-order valence-electron chi connectivity index (χ3n) is 3.97. The number of hydrogen-bond acceptors (Lipinski definition) is 5. The minimum absolute atomic E-state index is 0.179. The Balaban J connectivity index is 1.75. The van der Waals surface area contributed by atoms with Crippen molar-refractivity contribution in [3.8, 4) is 0 Å². The lowest BCUT2D eigenvalue weighted by Crippen LogP contribution is -2.15. The van der Waals surface area contributed by atoms with Crippen LogP contribution in [-0.2, 0) is 4.79 Å². The second-order valence-electron chi connectivity index (χ2n) is 6.42. The normalized spacial score (nSPS) is 10.2. The molecule has 3 aromatic rings. The summed E-state index contributed by atoms with van der Waals surface area (Å²) in [5.74, 6) is -0.207. The summed E-state index contributed by atoms with van der Waals surface area (Å²) < 4.78 is 0. The Morgan fingerprint density at radius 2 is 1.68 bits per heavy atom. The van der Waals surface area contributed by atoms with Crippen LogP contribution >= 0.6 is 0 Å². The van der Waals surface area contributed by atoms with E-state index >= 15 is 0 Å². The number of benzene rings is 2. The highest BCUT2D eigenvalue weighted by atomic mass is 16.2. The summed E-state index contributed by atoms with van der Waals surface area (Å²) in [5.41, 5.74) is 4.44. The van der Waals surface area contributed by atoms with Gasteiger partial charge in [0.2, 0.25) is 11.9 Å². The van der Waals surface area contributed by atoms with E-state index in [4.69, 9.17) is 0 Å². The molecule has 3 N–H and O–H groups in total. The smallest absolute Gasteiger partial charge is 0.274 e. The zero-order chi connectivity index (χ0) is 20.1. The maximum Gasteiger partial charge on any atom is 0.274 e. The Bertz CT molecular complexity index is 1030. The molecule has 28 heavy (non-hydrogen) atoms. The zero-order valence-electron chi connectivity index (χ0n) is 15.9. The first-order valence-corrected chi connectivity index (χ1v) is 8.77. The number of aromatic nitrogens is 2. The van der Waals surface area contributed by atoms with Crippen molar-refractivity contribution >= 4 is 34.8 Å². The van der Waals surface area contributed by atoms with Crippen molar-refractivity contribution in [3.05, 3.63) is 71.5 Å². The Labute approximate surface area is 163 Å². The highest BCUT2D eigenvalue weighted by molar-refractivity contribution is 6.03. The molecule has 0 bridgehead atoms. The predicted octanol–water partition coefficient (Wildman–Crippen LogP) is 4.05. The number of anilines is 4. The standard InChI is InChI=1S/C21H21N5O2/c1-13-7-8-14(2)19(11-13)26-21-22-10-9-18(25-21)20(28)24-17-6-4-5-16(12-17)23-15(3)27/h4-12H,1-3H3,(H,23,27)(H,24,28)(H,22,25,26). The van der Waals surface area contributed by atoms with Gasteiger partial charge in [0.1, 0.15) is 5.69 Å². The first-order chi connectivity index (χ1) is 13.4. The highest BCUT2D eigenvalue weighted by Gasteiger charge is 2.11. The summed E-state index contributed by atoms with van der Waals surface area (Å²) in [7, 11) is 0. The summed E-state index contributed by atoms with van der Waals surface area (Å²) in [6.07, 6.45) is 1.53. The van der Waals surface area contributed by atoms with Crippen LogP contribution in [0.5, 0.6) is 0 Å². The van der Waals surface area contributed by atoms with Gasteiger partial charge in [-0.3, -0.25) is 9.59 Å². The number of nitrogens with zero attached hydrogens (tertiary/aromatic N) is 2. The van der Waals surface area contributed by atoms with Crippen molar-refractivity contribution in [2.45, 2.75) is 20.8 Å². The fraction of sp³-hybridized carbons (Fsp3) is 0.143. The van der Waals surface area contributed by atoms with Crippen LogP contribution < -0.4 is 16.0 Å². The maximum atomic E-state index is 12.6. The summed E-state index contributed by atoms with van der Waals surface area (Å²) in [6, 6.07) is 14.5. The van der Waals surface area contributed by atoms with Gasteiger partial charge in [0.05, 0.1) is 0 Å². The van der Waals surface area contributed by atoms with Crippen molar-refractivity contribution in [1.82, 2.24) is 9.97 Å². The monoisotopic (exact) mass is 375 g/mol. The molecule has 0 aliphatic carbocycles. The average molecular weight is 375 g/mol. The van der Waals surface area contributed by atoms with Crippen molar-refractivity contribution in [2.75, 3.05) is 16.0 Å². The molecule has 0 unspecified atom stereocenters. The number of nitrogens with one attached hydrogen (secondary N) is 3. The third kappa shape index (κ3) is 4.91. The molecule has 0 saturated carbocycles. The molecular formula is C21H21N5O2. The van der Waals surface area contributed by atoms with Crippen LogP contribution in [0.15, 0.2) is 54.7 Å². The van der Waals surface area contributed by atoms with Crippen LogP contribution in [-0.4, -0.2) is 21.8 Å². The predicted molar refractivity (Wildman–Crippen MR) is 110 cm³/mol. The number of amides is 2. The summed E-state index contributed by atoms with van der Waals surface area (Å²) >= 11 is 0. The summed E-state index contributed by atoms with van der Waals surface area (Å²) in [5, 5.41) is 8.61. The molecule has 7 nitrogen and oxygen atoms in total. The number of rotatable bonds is 5. The van der Waals surface area contributed by atoms with Gasteiger partial charge in [-0.1, -0.05) is 18.2 Å². The Kier molecular flexibility index (Phi) is 5.64. The van der Waals surface area contributed by atoms with E-state index in [-0.39, 0.29) is 17.5 Å². The molecule has 2 aromatic carbocycles. The molecule has 0 fully saturated rings. The topological polar surface area (TPSA) is 96.0 Å². The lowest BCUT2D eigenvalue weighted by Gasteiger charge is -2.10. The van der Waals surface area contributed by atoms with E-state index in [1.807, 2.05) is 32.0 Å². The molecule has 0 radical (unpaired) electrons. The van der Waals surface area contributed by atoms with Gasteiger partial charge < -0.3 is 16.0 Å². The Hall–Kier alpha value is -3.74. The first-order valence-electron chi connectivity index (χ1n) is 8.77. The Morgan fingerprint density at radius 3 is 2.43 bits per heavy atom. The number of carbonyl (C=O) groups excluding carboxylic acids is 2. The Morgan fingerprint density at radius 1 is 0.929 bits per heavy atom. The van der Waals surface area contributed by atoms with Crippen LogP contribution in [0, 0.1) is 13.8 Å². The van der Waals surface area contributed by atoms with Gasteiger partial charge in [0, 0.05) is 30.2 Å². The van der Waals surface area contributed by atoms with Crippen molar-refractivity contribution in [3.63, 3.8) is 0 Å². The van der Waals surface area contributed by atoms with Crippen LogP contribution in [0.3, 0.4) is 0 Å². The molecule has 1 heterocycles. The number of aryl methyl sites for hydroxylation is 2. The lowest BCUT2D eigenvalue weighted by molar-refractivity contribution is -0.114. The van der Waals surface area contributed by atoms with Crippen molar-refractivity contribution in [2.24, 2.45) is 0 Å². The van der Waals surface area contributed by atoms with E-state index < -0.39 is 0 Å². The molecule has 142 valence electrons. The molecule has 0 spiro atoms. The average Bonchev–Trinajstić information content (AvgIpc) is 2.65. The van der Waals surface area contributed by atoms with Crippen LogP contribution in [0.1, 0.15) is 28.5 Å². The van der Waals surface area contributed by atoms with Gasteiger partial charge in [0.25, 0.3) is 5.91 Å². The van der Waals surface area contributed by atoms with E-state index in [1.165, 1.54) is 13.1 Å². The van der Waals surface area contributed by atoms with Gasteiger partial charge in [-0.15, -0.1) is 0 Å². The minimum Gasteiger partial charge on any atom is -0.326 e. The SMILES string of the molecule is CC(=O)Nc1cccc(NC(=O)c2ccnc(Nc3cc(C)ccc3C)n2)c1. The van der Waals surface area contributed by atoms with Crippen molar-refractivity contribution < 1.29 is 9.59 Å². The van der Waals surface area contributed by atoms with Crippen LogP contribution in [0.4, 0.5) is 23.0 Å². The fourth-order valence-corrected chi connectivity index (χ4v) is 2.61. The minimum atomic E-state index is -0.369. The molecule has 0 atom stereocenters. The summed E-state index contributed by atoms with van der Waals surface area (Å²) in [6.45, 7) is 5.42. The first kappa shape index (κ1) is 19.0. The van der Waals surface area contributed by atoms with E-state index in [0.717, 1.165) is 16.8 Å². The summed E-state index contributed by atoms with van der Waals surface area (Å²) in [4.78, 5) is 32.2. The fourth-order valence-electron chi connectivity index (χ4n) is 2.61. The molecule has 7 heteroatoms. The second-order valence-corrected chi connectivity index (χ2v) is 6.42. The van der Waals surface area contributed by atoms with Crippen LogP contribution in [0.25, 0.3) is 0 Å². The maximum absolute atomic E-state index is 12.6. The molecule has 0 aliphatic heterocycles. The largest absolute Gasteiger partial charge is 0.326 e. The molecule has 3 rings (SSSR count). The number of hydrogen-bond donors (Lipinski definition) is 3. The molecule has 1 aromatic heterocycles. The molecular weight excluding hydrogens is 354 g/mol. The van der Waals surface area contributed by atoms with E-state index in [0.29, 0.717) is 17.3 Å². The van der Waals surface area contributed by atoms with E-state index in [2.05, 4.69) is 25.9 Å². The van der Waals surface area contributed by atoms with Crippen LogP contribution in [0.2, 0.25) is 0 Å². The molecule has 2 amide bonds. The highest BCUT2D eigenvalue weighted by Crippen LogP contribution is 2.20. The zero-order valence-corrected chi connectivity index (χ0v) is 15.9. The van der Waals surface area contributed by atoms with Gasteiger partial charge >= 0.3 is 0 Å². The van der Waals surface area contributed by atoms with Gasteiger partial charge in [-0.25, -0.2) is 9.97 Å². The third-order valence-corrected chi connectivity index (χ3v) is 3.97. The van der Waals surface area contributed by atoms with E-state index in [9.17, 15) is 9.59 Å².